The first-order valence-corrected chi connectivity index (χ1v) is 7.93. The van der Waals surface area contributed by atoms with Gasteiger partial charge in [0.2, 0.25) is 0 Å². The lowest BCUT2D eigenvalue weighted by Crippen LogP contribution is -2.24. The molecule has 0 spiro atoms. The highest BCUT2D eigenvalue weighted by atomic mass is 35.5. The Bertz CT molecular complexity index is 290. The predicted octanol–water partition coefficient (Wildman–Crippen LogP) is 3.78. The van der Waals surface area contributed by atoms with Crippen LogP contribution in [-0.4, -0.2) is 31.0 Å². The maximum atomic E-state index is 12.6. The van der Waals surface area contributed by atoms with Gasteiger partial charge in [0.1, 0.15) is 0 Å². The van der Waals surface area contributed by atoms with E-state index < -0.39 is 7.75 Å². The number of hydrogen-bond acceptors (Lipinski definition) is 3. The normalized spacial score (nSPS) is 21.8. The molecule has 0 aromatic rings. The highest BCUT2D eigenvalue weighted by Crippen LogP contribution is 2.52. The van der Waals surface area contributed by atoms with Crippen LogP contribution in [-0.2, 0) is 13.6 Å². The zero-order chi connectivity index (χ0) is 12.7. The van der Waals surface area contributed by atoms with Crippen LogP contribution in [0.15, 0.2) is 11.6 Å². The van der Waals surface area contributed by atoms with Gasteiger partial charge in [-0.15, -0.1) is 0 Å². The van der Waals surface area contributed by atoms with Gasteiger partial charge < -0.3 is 0 Å². The quantitative estimate of drug-likeness (QED) is 0.695. The molecule has 1 aliphatic heterocycles. The second kappa shape index (κ2) is 7.55. The molecule has 100 valence electrons. The maximum Gasteiger partial charge on any atom is 0.408 e. The van der Waals surface area contributed by atoms with E-state index in [2.05, 4.69) is 6.58 Å². The molecular formula is C11H21ClNO3P. The third kappa shape index (κ3) is 5.11. The average molecular weight is 282 g/mol. The van der Waals surface area contributed by atoms with Crippen LogP contribution in [0.2, 0.25) is 0 Å². The second-order valence-corrected chi connectivity index (χ2v) is 6.60. The first-order valence-electron chi connectivity index (χ1n) is 6.06. The minimum Gasteiger partial charge on any atom is -0.297 e. The number of hydrogen-bond donors (Lipinski definition) is 0. The molecule has 0 N–H and O–H groups in total. The Morgan fingerprint density at radius 2 is 1.88 bits per heavy atom. The van der Waals surface area contributed by atoms with Gasteiger partial charge in [0, 0.05) is 18.1 Å². The Balaban J connectivity index is 2.66. The smallest absolute Gasteiger partial charge is 0.297 e. The van der Waals surface area contributed by atoms with Crippen molar-refractivity contribution in [2.45, 2.75) is 32.6 Å². The molecule has 1 aliphatic rings. The Kier molecular flexibility index (Phi) is 6.75. The summed E-state index contributed by atoms with van der Waals surface area (Å²) in [6.45, 7) is 7.28. The minimum atomic E-state index is -3.19. The van der Waals surface area contributed by atoms with Crippen molar-refractivity contribution < 1.29 is 13.6 Å². The Labute approximate surface area is 109 Å². The summed E-state index contributed by atoms with van der Waals surface area (Å²) < 4.78 is 25.1. The van der Waals surface area contributed by atoms with Crippen molar-refractivity contribution >= 4 is 19.3 Å². The maximum absolute atomic E-state index is 12.6. The predicted molar refractivity (Wildman–Crippen MR) is 70.2 cm³/mol. The highest BCUT2D eigenvalue weighted by Gasteiger charge is 2.33. The molecule has 1 saturated heterocycles. The molecule has 4 nitrogen and oxygen atoms in total. The van der Waals surface area contributed by atoms with Crippen LogP contribution in [0.5, 0.6) is 0 Å². The van der Waals surface area contributed by atoms with Crippen LogP contribution < -0.4 is 0 Å². The molecule has 0 bridgehead atoms. The molecule has 0 aromatic heterocycles. The van der Waals surface area contributed by atoms with E-state index in [9.17, 15) is 4.57 Å². The van der Waals surface area contributed by atoms with Gasteiger partial charge >= 0.3 is 7.75 Å². The SMILES string of the molecule is C=C(Cl)COP(=O)(OCC)N1CCCCCC1. The summed E-state index contributed by atoms with van der Waals surface area (Å²) in [5.41, 5.74) is 0. The van der Waals surface area contributed by atoms with Gasteiger partial charge in [-0.3, -0.25) is 9.05 Å². The van der Waals surface area contributed by atoms with Crippen molar-refractivity contribution in [3.63, 3.8) is 0 Å². The third-order valence-electron chi connectivity index (χ3n) is 2.61. The molecule has 1 atom stereocenters. The molecule has 1 fully saturated rings. The average Bonchev–Trinajstić information content (AvgIpc) is 2.55. The second-order valence-electron chi connectivity index (χ2n) is 4.04. The number of rotatable bonds is 6. The van der Waals surface area contributed by atoms with Crippen LogP contribution in [0.25, 0.3) is 0 Å². The first-order chi connectivity index (χ1) is 8.08. The molecule has 0 aromatic carbocycles. The fourth-order valence-electron chi connectivity index (χ4n) is 1.81. The van der Waals surface area contributed by atoms with Crippen LogP contribution >= 0.6 is 19.3 Å². The zero-order valence-electron chi connectivity index (χ0n) is 10.4. The monoisotopic (exact) mass is 281 g/mol. The number of nitrogens with zero attached hydrogens (tertiary/aromatic N) is 1. The van der Waals surface area contributed by atoms with Gasteiger partial charge in [-0.25, -0.2) is 9.24 Å². The summed E-state index contributed by atoms with van der Waals surface area (Å²) in [5.74, 6) is 0. The standard InChI is InChI=1S/C11H21ClNO3P/c1-3-15-17(14,16-10-11(2)12)13-8-6-4-5-7-9-13/h2-10H2,1H3. The summed E-state index contributed by atoms with van der Waals surface area (Å²) in [5, 5.41) is 0.333. The van der Waals surface area contributed by atoms with Crippen molar-refractivity contribution in [1.82, 2.24) is 4.67 Å². The van der Waals surface area contributed by atoms with E-state index in [1.807, 2.05) is 11.6 Å². The topological polar surface area (TPSA) is 38.8 Å². The Hall–Kier alpha value is 0.140. The van der Waals surface area contributed by atoms with Gasteiger partial charge in [0.25, 0.3) is 0 Å². The molecule has 0 radical (unpaired) electrons. The minimum absolute atomic E-state index is 0.0648. The van der Waals surface area contributed by atoms with Gasteiger partial charge in [-0.2, -0.15) is 0 Å². The van der Waals surface area contributed by atoms with Crippen LogP contribution in [0.1, 0.15) is 32.6 Å². The van der Waals surface area contributed by atoms with Crippen LogP contribution in [0.3, 0.4) is 0 Å². The highest BCUT2D eigenvalue weighted by molar-refractivity contribution is 7.51. The molecule has 1 unspecified atom stereocenters. The summed E-state index contributed by atoms with van der Waals surface area (Å²) in [6, 6.07) is 0. The zero-order valence-corrected chi connectivity index (χ0v) is 12.0. The fourth-order valence-corrected chi connectivity index (χ4v) is 3.76. The fraction of sp³-hybridized carbons (Fsp3) is 0.818. The Morgan fingerprint density at radius 3 is 2.35 bits per heavy atom. The van der Waals surface area contributed by atoms with E-state index in [0.29, 0.717) is 11.6 Å². The van der Waals surface area contributed by atoms with E-state index in [-0.39, 0.29) is 6.61 Å². The lowest BCUT2D eigenvalue weighted by molar-refractivity contribution is 0.174. The van der Waals surface area contributed by atoms with Gasteiger partial charge in [-0.05, 0) is 19.8 Å². The van der Waals surface area contributed by atoms with Crippen molar-refractivity contribution in [2.75, 3.05) is 26.3 Å². The molecule has 1 heterocycles. The molecule has 0 saturated carbocycles. The number of halogens is 1. The third-order valence-corrected chi connectivity index (χ3v) is 4.85. The van der Waals surface area contributed by atoms with Gasteiger partial charge in [0.05, 0.1) is 13.2 Å². The summed E-state index contributed by atoms with van der Waals surface area (Å²) >= 11 is 5.64. The van der Waals surface area contributed by atoms with E-state index in [1.165, 1.54) is 12.8 Å². The molecular weight excluding hydrogens is 261 g/mol. The van der Waals surface area contributed by atoms with Crippen molar-refractivity contribution in [3.8, 4) is 0 Å². The van der Waals surface area contributed by atoms with E-state index in [0.717, 1.165) is 25.9 Å². The Morgan fingerprint density at radius 1 is 1.29 bits per heavy atom. The molecule has 17 heavy (non-hydrogen) atoms. The van der Waals surface area contributed by atoms with Crippen molar-refractivity contribution in [2.24, 2.45) is 0 Å². The van der Waals surface area contributed by atoms with E-state index in [4.69, 9.17) is 20.6 Å². The van der Waals surface area contributed by atoms with Crippen molar-refractivity contribution in [1.29, 1.82) is 0 Å². The van der Waals surface area contributed by atoms with Crippen LogP contribution in [0, 0.1) is 0 Å². The van der Waals surface area contributed by atoms with Gasteiger partial charge in [-0.1, -0.05) is 31.0 Å². The molecule has 6 heteroatoms. The van der Waals surface area contributed by atoms with E-state index >= 15 is 0 Å². The lowest BCUT2D eigenvalue weighted by Gasteiger charge is -2.28. The summed E-state index contributed by atoms with van der Waals surface area (Å²) in [6.07, 6.45) is 4.40. The van der Waals surface area contributed by atoms with Crippen LogP contribution in [0.4, 0.5) is 0 Å². The van der Waals surface area contributed by atoms with Crippen molar-refractivity contribution in [3.05, 3.63) is 11.6 Å². The summed E-state index contributed by atoms with van der Waals surface area (Å²) in [7, 11) is -3.19. The first kappa shape index (κ1) is 15.2. The molecule has 0 aliphatic carbocycles. The van der Waals surface area contributed by atoms with Gasteiger partial charge in [0.15, 0.2) is 0 Å². The lowest BCUT2D eigenvalue weighted by atomic mass is 10.2. The molecule has 0 amide bonds. The molecule has 1 rings (SSSR count). The summed E-state index contributed by atoms with van der Waals surface area (Å²) in [4.78, 5) is 0. The largest absolute Gasteiger partial charge is 0.408 e. The van der Waals surface area contributed by atoms with E-state index in [1.54, 1.807) is 0 Å².